The number of carboxylic acid groups (broad SMARTS) is 1. The summed E-state index contributed by atoms with van der Waals surface area (Å²) in [5, 5.41) is 27.8. The summed E-state index contributed by atoms with van der Waals surface area (Å²) in [6.45, 7) is 2.44. The Labute approximate surface area is 147 Å². The number of unbranched alkanes of at least 4 members (excludes halogenated alkanes) is 10. The van der Waals surface area contributed by atoms with Crippen LogP contribution in [0.1, 0.15) is 96.8 Å². The number of hydrogen-bond donors (Lipinski definition) is 3. The lowest BCUT2D eigenvalue weighted by Crippen LogP contribution is -2.31. The van der Waals surface area contributed by atoms with E-state index in [0.29, 0.717) is 12.8 Å². The molecule has 0 fully saturated rings. The number of hydrogen-bond acceptors (Lipinski definition) is 4. The van der Waals surface area contributed by atoms with Crippen molar-refractivity contribution in [2.24, 2.45) is 0 Å². The molecule has 2 atom stereocenters. The molecule has 0 heterocycles. The zero-order valence-corrected chi connectivity index (χ0v) is 15.4. The molecular weight excluding hydrogens is 308 g/mol. The molecule has 0 saturated heterocycles. The second kappa shape index (κ2) is 17.0. The van der Waals surface area contributed by atoms with E-state index in [4.69, 9.17) is 14.9 Å². The average molecular weight is 347 g/mol. The maximum absolute atomic E-state index is 10.8. The van der Waals surface area contributed by atoms with Gasteiger partial charge in [-0.1, -0.05) is 71.1 Å². The lowest BCUT2D eigenvalue weighted by molar-refractivity contribution is -0.0271. The Morgan fingerprint density at radius 3 is 1.88 bits per heavy atom. The molecule has 0 saturated carbocycles. The van der Waals surface area contributed by atoms with Crippen LogP contribution < -0.4 is 0 Å². The third kappa shape index (κ3) is 14.8. The first kappa shape index (κ1) is 23.2. The molecule has 0 spiro atoms. The SMILES string of the molecule is CCCCCCCCC(OC(=O)O)C(O)CCCCCCCCO. The fourth-order valence-electron chi connectivity index (χ4n) is 2.94. The molecule has 0 amide bonds. The van der Waals surface area contributed by atoms with Crippen LogP contribution in [0, 0.1) is 0 Å². The first-order valence-electron chi connectivity index (χ1n) is 9.80. The second-order valence-electron chi connectivity index (χ2n) is 6.68. The predicted molar refractivity (Wildman–Crippen MR) is 96.3 cm³/mol. The maximum Gasteiger partial charge on any atom is 0.506 e. The van der Waals surface area contributed by atoms with E-state index < -0.39 is 18.4 Å². The summed E-state index contributed by atoms with van der Waals surface area (Å²) in [6.07, 6.45) is 11.4. The lowest BCUT2D eigenvalue weighted by Gasteiger charge is -2.22. The van der Waals surface area contributed by atoms with Gasteiger partial charge in [0.05, 0.1) is 6.10 Å². The fourth-order valence-corrected chi connectivity index (χ4v) is 2.94. The molecule has 0 aliphatic rings. The van der Waals surface area contributed by atoms with E-state index >= 15 is 0 Å². The molecule has 3 N–H and O–H groups in total. The number of aliphatic hydroxyl groups is 2. The van der Waals surface area contributed by atoms with Gasteiger partial charge in [0.1, 0.15) is 6.10 Å². The zero-order chi connectivity index (χ0) is 18.0. The van der Waals surface area contributed by atoms with Crippen molar-refractivity contribution in [3.8, 4) is 0 Å². The summed E-state index contributed by atoms with van der Waals surface area (Å²) >= 11 is 0. The van der Waals surface area contributed by atoms with Gasteiger partial charge in [0.15, 0.2) is 0 Å². The smallest absolute Gasteiger partial charge is 0.450 e. The van der Waals surface area contributed by atoms with Gasteiger partial charge in [0.25, 0.3) is 0 Å². The van der Waals surface area contributed by atoms with Crippen LogP contribution in [-0.2, 0) is 4.74 Å². The summed E-state index contributed by atoms with van der Waals surface area (Å²) in [5.41, 5.74) is 0. The third-order valence-electron chi connectivity index (χ3n) is 4.43. The molecule has 0 aromatic carbocycles. The summed E-state index contributed by atoms with van der Waals surface area (Å²) < 4.78 is 4.89. The molecule has 24 heavy (non-hydrogen) atoms. The van der Waals surface area contributed by atoms with Gasteiger partial charge in [0.2, 0.25) is 0 Å². The Bertz CT molecular complexity index is 283. The highest BCUT2D eigenvalue weighted by Crippen LogP contribution is 2.17. The van der Waals surface area contributed by atoms with E-state index in [1.54, 1.807) is 0 Å². The molecule has 0 aliphatic carbocycles. The van der Waals surface area contributed by atoms with E-state index in [2.05, 4.69) is 6.92 Å². The predicted octanol–water partition coefficient (Wildman–Crippen LogP) is 4.88. The minimum Gasteiger partial charge on any atom is -0.450 e. The second-order valence-corrected chi connectivity index (χ2v) is 6.68. The Morgan fingerprint density at radius 1 is 0.833 bits per heavy atom. The normalized spacial score (nSPS) is 13.6. The average Bonchev–Trinajstić information content (AvgIpc) is 2.55. The standard InChI is InChI=1S/C19H38O5/c1-2-3-4-5-9-12-15-18(24-19(22)23)17(21)14-11-8-6-7-10-13-16-20/h17-18,20-21H,2-16H2,1H3,(H,22,23). The van der Waals surface area contributed by atoms with Crippen LogP contribution in [0.5, 0.6) is 0 Å². The van der Waals surface area contributed by atoms with Gasteiger partial charge in [0, 0.05) is 6.61 Å². The zero-order valence-electron chi connectivity index (χ0n) is 15.4. The molecule has 5 heteroatoms. The van der Waals surface area contributed by atoms with Crippen LogP contribution >= 0.6 is 0 Å². The van der Waals surface area contributed by atoms with Gasteiger partial charge in [-0.2, -0.15) is 0 Å². The number of rotatable bonds is 17. The van der Waals surface area contributed by atoms with E-state index in [1.165, 1.54) is 19.3 Å². The van der Waals surface area contributed by atoms with Crippen molar-refractivity contribution < 1.29 is 24.9 Å². The van der Waals surface area contributed by atoms with Gasteiger partial charge in [-0.3, -0.25) is 0 Å². The molecule has 2 unspecified atom stereocenters. The quantitative estimate of drug-likeness (QED) is 0.258. The lowest BCUT2D eigenvalue weighted by atomic mass is 9.99. The third-order valence-corrected chi connectivity index (χ3v) is 4.43. The highest BCUT2D eigenvalue weighted by atomic mass is 16.7. The Balaban J connectivity index is 3.85. The van der Waals surface area contributed by atoms with Crippen molar-refractivity contribution in [2.75, 3.05) is 6.61 Å². The summed E-state index contributed by atoms with van der Waals surface area (Å²) in [6, 6.07) is 0. The van der Waals surface area contributed by atoms with Crippen molar-refractivity contribution in [3.05, 3.63) is 0 Å². The van der Waals surface area contributed by atoms with Crippen molar-refractivity contribution in [1.82, 2.24) is 0 Å². The first-order chi connectivity index (χ1) is 11.6. The molecule has 0 radical (unpaired) electrons. The van der Waals surface area contributed by atoms with Crippen LogP contribution in [0.15, 0.2) is 0 Å². The molecular formula is C19H38O5. The van der Waals surface area contributed by atoms with E-state index in [9.17, 15) is 9.90 Å². The molecule has 0 bridgehead atoms. The topological polar surface area (TPSA) is 87.0 Å². The Morgan fingerprint density at radius 2 is 1.33 bits per heavy atom. The summed E-state index contributed by atoms with van der Waals surface area (Å²) in [5.74, 6) is 0. The Kier molecular flexibility index (Phi) is 16.5. The van der Waals surface area contributed by atoms with Crippen LogP contribution in [-0.4, -0.2) is 40.3 Å². The van der Waals surface area contributed by atoms with Gasteiger partial charge in [-0.15, -0.1) is 0 Å². The molecule has 5 nitrogen and oxygen atoms in total. The van der Waals surface area contributed by atoms with Crippen LogP contribution in [0.3, 0.4) is 0 Å². The van der Waals surface area contributed by atoms with Gasteiger partial charge < -0.3 is 20.1 Å². The van der Waals surface area contributed by atoms with Crippen LogP contribution in [0.25, 0.3) is 0 Å². The van der Waals surface area contributed by atoms with E-state index in [0.717, 1.165) is 57.8 Å². The summed E-state index contributed by atoms with van der Waals surface area (Å²) in [4.78, 5) is 10.8. The fraction of sp³-hybridized carbons (Fsp3) is 0.947. The largest absolute Gasteiger partial charge is 0.506 e. The highest BCUT2D eigenvalue weighted by Gasteiger charge is 2.22. The maximum atomic E-state index is 10.8. The Hall–Kier alpha value is -0.810. The van der Waals surface area contributed by atoms with Gasteiger partial charge >= 0.3 is 6.16 Å². The number of carbonyl (C=O) groups is 1. The molecule has 0 aromatic rings. The van der Waals surface area contributed by atoms with Crippen molar-refractivity contribution in [3.63, 3.8) is 0 Å². The van der Waals surface area contributed by atoms with Crippen LogP contribution in [0.2, 0.25) is 0 Å². The van der Waals surface area contributed by atoms with Crippen molar-refractivity contribution in [2.45, 2.75) is 109 Å². The van der Waals surface area contributed by atoms with Crippen molar-refractivity contribution >= 4 is 6.16 Å². The number of ether oxygens (including phenoxy) is 1. The monoisotopic (exact) mass is 346 g/mol. The molecule has 0 aliphatic heterocycles. The minimum absolute atomic E-state index is 0.255. The number of aliphatic hydroxyl groups excluding tert-OH is 2. The molecule has 0 aromatic heterocycles. The van der Waals surface area contributed by atoms with E-state index in [1.807, 2.05) is 0 Å². The molecule has 144 valence electrons. The van der Waals surface area contributed by atoms with E-state index in [-0.39, 0.29) is 6.61 Å². The van der Waals surface area contributed by atoms with Crippen molar-refractivity contribution in [1.29, 1.82) is 0 Å². The van der Waals surface area contributed by atoms with Gasteiger partial charge in [-0.05, 0) is 25.7 Å². The highest BCUT2D eigenvalue weighted by molar-refractivity contribution is 5.57. The van der Waals surface area contributed by atoms with Gasteiger partial charge in [-0.25, -0.2) is 4.79 Å². The minimum atomic E-state index is -1.30. The molecule has 0 rings (SSSR count). The first-order valence-corrected chi connectivity index (χ1v) is 9.80. The van der Waals surface area contributed by atoms with Crippen LogP contribution in [0.4, 0.5) is 4.79 Å². The summed E-state index contributed by atoms with van der Waals surface area (Å²) in [7, 11) is 0.